The van der Waals surface area contributed by atoms with Gasteiger partial charge < -0.3 is 4.74 Å². The van der Waals surface area contributed by atoms with Crippen molar-refractivity contribution in [1.29, 1.82) is 0 Å². The van der Waals surface area contributed by atoms with Crippen LogP contribution < -0.4 is 15.0 Å². The predicted octanol–water partition coefficient (Wildman–Crippen LogP) is 0.931. The van der Waals surface area contributed by atoms with Crippen LogP contribution in [0.4, 0.5) is 10.5 Å². The molecular formula is C10H7ClN2O4. The van der Waals surface area contributed by atoms with E-state index in [0.717, 1.165) is 4.90 Å². The van der Waals surface area contributed by atoms with Crippen molar-refractivity contribution < 1.29 is 19.1 Å². The van der Waals surface area contributed by atoms with Gasteiger partial charge in [-0.25, -0.2) is 9.69 Å². The Kier molecular flexibility index (Phi) is 2.72. The minimum absolute atomic E-state index is 0.222. The number of methoxy groups -OCH3 is 1. The molecule has 1 aromatic rings. The fraction of sp³-hybridized carbons (Fsp3) is 0.100. The number of urea groups is 1. The fourth-order valence-corrected chi connectivity index (χ4v) is 1.62. The Morgan fingerprint density at radius 1 is 1.29 bits per heavy atom. The summed E-state index contributed by atoms with van der Waals surface area (Å²) in [6, 6.07) is 3.53. The van der Waals surface area contributed by atoms with Crippen LogP contribution in [-0.4, -0.2) is 25.0 Å². The van der Waals surface area contributed by atoms with Crippen LogP contribution >= 0.6 is 11.6 Å². The number of nitrogens with one attached hydrogen (secondary N) is 1. The van der Waals surface area contributed by atoms with Gasteiger partial charge in [0.15, 0.2) is 0 Å². The van der Waals surface area contributed by atoms with Crippen molar-refractivity contribution in [2.24, 2.45) is 0 Å². The van der Waals surface area contributed by atoms with E-state index >= 15 is 0 Å². The van der Waals surface area contributed by atoms with Crippen molar-refractivity contribution >= 4 is 35.1 Å². The first-order valence-corrected chi connectivity index (χ1v) is 4.95. The Morgan fingerprint density at radius 2 is 2.00 bits per heavy atom. The molecule has 88 valence electrons. The maximum Gasteiger partial charge on any atom is 0.336 e. The number of ether oxygens (including phenoxy) is 1. The van der Waals surface area contributed by atoms with Crippen LogP contribution in [0.1, 0.15) is 0 Å². The third kappa shape index (κ3) is 1.83. The highest BCUT2D eigenvalue weighted by atomic mass is 35.5. The van der Waals surface area contributed by atoms with Crippen LogP contribution in [0.5, 0.6) is 5.75 Å². The van der Waals surface area contributed by atoms with Crippen LogP contribution in [-0.2, 0) is 9.59 Å². The molecule has 1 fully saturated rings. The number of carbonyl (C=O) groups is 3. The molecule has 1 N–H and O–H groups in total. The van der Waals surface area contributed by atoms with E-state index < -0.39 is 17.8 Å². The Balaban J connectivity index is 2.44. The van der Waals surface area contributed by atoms with E-state index in [1.165, 1.54) is 25.3 Å². The summed E-state index contributed by atoms with van der Waals surface area (Å²) in [6.45, 7) is 0. The van der Waals surface area contributed by atoms with Crippen LogP contribution in [0.15, 0.2) is 18.2 Å². The highest BCUT2D eigenvalue weighted by Crippen LogP contribution is 2.30. The van der Waals surface area contributed by atoms with E-state index in [4.69, 9.17) is 16.3 Å². The number of benzene rings is 1. The van der Waals surface area contributed by atoms with Crippen LogP contribution in [0, 0.1) is 0 Å². The van der Waals surface area contributed by atoms with Gasteiger partial charge >= 0.3 is 17.8 Å². The topological polar surface area (TPSA) is 75.7 Å². The molecule has 4 amide bonds. The van der Waals surface area contributed by atoms with Crippen molar-refractivity contribution in [3.8, 4) is 5.75 Å². The van der Waals surface area contributed by atoms with Crippen molar-refractivity contribution in [3.63, 3.8) is 0 Å². The summed E-state index contributed by atoms with van der Waals surface area (Å²) in [5.41, 5.74) is 0.222. The number of imide groups is 2. The summed E-state index contributed by atoms with van der Waals surface area (Å²) >= 11 is 5.81. The molecule has 1 heterocycles. The van der Waals surface area contributed by atoms with Gasteiger partial charge in [-0.15, -0.1) is 0 Å². The van der Waals surface area contributed by atoms with Gasteiger partial charge in [-0.05, 0) is 12.1 Å². The Hall–Kier alpha value is -2.08. The largest absolute Gasteiger partial charge is 0.495 e. The van der Waals surface area contributed by atoms with Gasteiger partial charge in [0.2, 0.25) is 0 Å². The molecule has 0 saturated carbocycles. The Labute approximate surface area is 101 Å². The summed E-state index contributed by atoms with van der Waals surface area (Å²) in [4.78, 5) is 34.5. The molecule has 7 heteroatoms. The highest BCUT2D eigenvalue weighted by molar-refractivity contribution is 6.53. The third-order valence-electron chi connectivity index (χ3n) is 2.21. The Morgan fingerprint density at radius 3 is 2.53 bits per heavy atom. The van der Waals surface area contributed by atoms with E-state index in [2.05, 4.69) is 0 Å². The first kappa shape index (κ1) is 11.4. The average Bonchev–Trinajstić information content (AvgIpc) is 2.55. The number of rotatable bonds is 2. The molecule has 1 aromatic carbocycles. The van der Waals surface area contributed by atoms with Crippen molar-refractivity contribution in [3.05, 3.63) is 23.2 Å². The molecule has 0 unspecified atom stereocenters. The van der Waals surface area contributed by atoms with Gasteiger partial charge in [0.25, 0.3) is 0 Å². The third-order valence-corrected chi connectivity index (χ3v) is 2.53. The monoisotopic (exact) mass is 254 g/mol. The van der Waals surface area contributed by atoms with E-state index in [0.29, 0.717) is 10.8 Å². The number of nitrogens with zero attached hydrogens (tertiary/aromatic N) is 1. The van der Waals surface area contributed by atoms with Gasteiger partial charge in [-0.3, -0.25) is 14.9 Å². The lowest BCUT2D eigenvalue weighted by atomic mass is 10.2. The second-order valence-corrected chi connectivity index (χ2v) is 3.63. The summed E-state index contributed by atoms with van der Waals surface area (Å²) in [5.74, 6) is -1.58. The molecule has 2 rings (SSSR count). The molecule has 1 aliphatic heterocycles. The van der Waals surface area contributed by atoms with Gasteiger partial charge in [-0.1, -0.05) is 11.6 Å². The zero-order chi connectivity index (χ0) is 12.6. The molecule has 0 aliphatic carbocycles. The second kappa shape index (κ2) is 4.06. The summed E-state index contributed by atoms with van der Waals surface area (Å²) < 4.78 is 4.96. The average molecular weight is 255 g/mol. The molecule has 0 aromatic heterocycles. The first-order valence-electron chi connectivity index (χ1n) is 4.57. The normalized spacial score (nSPS) is 15.2. The fourth-order valence-electron chi connectivity index (χ4n) is 1.42. The lowest BCUT2D eigenvalue weighted by Gasteiger charge is -2.13. The molecule has 0 radical (unpaired) electrons. The number of hydrogen-bond acceptors (Lipinski definition) is 4. The molecule has 0 bridgehead atoms. The van der Waals surface area contributed by atoms with Crippen molar-refractivity contribution in [2.45, 2.75) is 0 Å². The summed E-state index contributed by atoms with van der Waals surface area (Å²) in [5, 5.41) is 2.23. The number of amides is 4. The van der Waals surface area contributed by atoms with E-state index in [1.54, 1.807) is 0 Å². The van der Waals surface area contributed by atoms with Crippen LogP contribution in [0.3, 0.4) is 0 Å². The van der Waals surface area contributed by atoms with E-state index in [9.17, 15) is 14.4 Å². The molecular weight excluding hydrogens is 248 g/mol. The van der Waals surface area contributed by atoms with Crippen molar-refractivity contribution in [1.82, 2.24) is 5.32 Å². The minimum atomic E-state index is -0.955. The van der Waals surface area contributed by atoms with Gasteiger partial charge in [-0.2, -0.15) is 0 Å². The lowest BCUT2D eigenvalue weighted by Crippen LogP contribution is -2.30. The molecule has 1 saturated heterocycles. The smallest absolute Gasteiger partial charge is 0.336 e. The standard InChI is InChI=1S/C10H7ClN2O4/c1-17-7-4-5(2-3-6(7)11)13-9(15)8(14)12-10(13)16/h2-4H,1H3,(H,12,14,16). The maximum atomic E-state index is 11.4. The van der Waals surface area contributed by atoms with Gasteiger partial charge in [0.1, 0.15) is 5.75 Å². The molecule has 0 spiro atoms. The highest BCUT2D eigenvalue weighted by Gasteiger charge is 2.38. The van der Waals surface area contributed by atoms with Crippen LogP contribution in [0.2, 0.25) is 5.02 Å². The summed E-state index contributed by atoms with van der Waals surface area (Å²) in [6.07, 6.45) is 0. The lowest BCUT2D eigenvalue weighted by molar-refractivity contribution is -0.134. The Bertz CT molecular complexity index is 529. The van der Waals surface area contributed by atoms with Crippen molar-refractivity contribution in [2.75, 3.05) is 12.0 Å². The number of hydrogen-bond donors (Lipinski definition) is 1. The number of carbonyl (C=O) groups excluding carboxylic acids is 3. The van der Waals surface area contributed by atoms with Crippen LogP contribution in [0.25, 0.3) is 0 Å². The summed E-state index contributed by atoms with van der Waals surface area (Å²) in [7, 11) is 1.40. The zero-order valence-corrected chi connectivity index (χ0v) is 9.45. The van der Waals surface area contributed by atoms with Gasteiger partial charge in [0.05, 0.1) is 17.8 Å². The number of anilines is 1. The number of halogens is 1. The van der Waals surface area contributed by atoms with E-state index in [1.807, 2.05) is 5.32 Å². The molecule has 1 aliphatic rings. The molecule has 0 atom stereocenters. The quantitative estimate of drug-likeness (QED) is 0.629. The van der Waals surface area contributed by atoms with E-state index in [-0.39, 0.29) is 5.69 Å². The molecule has 6 nitrogen and oxygen atoms in total. The second-order valence-electron chi connectivity index (χ2n) is 3.22. The zero-order valence-electron chi connectivity index (χ0n) is 8.69. The predicted molar refractivity (Wildman–Crippen MR) is 59.0 cm³/mol. The first-order chi connectivity index (χ1) is 8.04. The van der Waals surface area contributed by atoms with Gasteiger partial charge in [0, 0.05) is 6.07 Å². The SMILES string of the molecule is COc1cc(N2C(=O)NC(=O)C2=O)ccc1Cl. The minimum Gasteiger partial charge on any atom is -0.495 e. The molecule has 17 heavy (non-hydrogen) atoms. The maximum absolute atomic E-state index is 11.4.